The van der Waals surface area contributed by atoms with E-state index < -0.39 is 0 Å². The number of anilines is 2. The van der Waals surface area contributed by atoms with Crippen LogP contribution in [0.5, 0.6) is 0 Å². The number of amides is 1. The largest absolute Gasteiger partial charge is 0.369 e. The Bertz CT molecular complexity index is 792. The summed E-state index contributed by atoms with van der Waals surface area (Å²) in [5.74, 6) is 0.322. The van der Waals surface area contributed by atoms with Gasteiger partial charge in [0.25, 0.3) is 0 Å². The molecule has 2 aromatic rings. The van der Waals surface area contributed by atoms with Crippen LogP contribution >= 0.6 is 0 Å². The molecule has 4 rings (SSSR count). The molecule has 1 fully saturated rings. The molecule has 1 saturated carbocycles. The first-order chi connectivity index (χ1) is 12.7. The number of hydrogen-bond donors (Lipinski definition) is 2. The SMILES string of the molecule is NC(=O)Cc1ccc(Nc2cc(C3CCCCC3)nc3c2CCC3)cc1. The monoisotopic (exact) mass is 349 g/mol. The number of aryl methyl sites for hydroxylation is 1. The van der Waals surface area contributed by atoms with E-state index in [2.05, 4.69) is 11.4 Å². The molecular formula is C22H27N3O. The molecule has 1 aromatic carbocycles. The van der Waals surface area contributed by atoms with Crippen molar-refractivity contribution in [2.24, 2.45) is 5.73 Å². The molecule has 3 N–H and O–H groups in total. The normalized spacial score (nSPS) is 17.1. The summed E-state index contributed by atoms with van der Waals surface area (Å²) in [5, 5.41) is 3.61. The van der Waals surface area contributed by atoms with Gasteiger partial charge in [0.2, 0.25) is 5.91 Å². The maximum atomic E-state index is 11.1. The average molecular weight is 349 g/mol. The van der Waals surface area contributed by atoms with Crippen molar-refractivity contribution in [1.29, 1.82) is 0 Å². The number of benzene rings is 1. The molecule has 0 saturated heterocycles. The van der Waals surface area contributed by atoms with Crippen molar-refractivity contribution in [2.45, 2.75) is 63.7 Å². The van der Waals surface area contributed by atoms with Gasteiger partial charge in [-0.15, -0.1) is 0 Å². The molecule has 1 aromatic heterocycles. The highest BCUT2D eigenvalue weighted by Crippen LogP contribution is 2.37. The highest BCUT2D eigenvalue weighted by Gasteiger charge is 2.23. The van der Waals surface area contributed by atoms with Crippen molar-refractivity contribution >= 4 is 17.3 Å². The molecule has 4 heteroatoms. The number of pyridine rings is 1. The van der Waals surface area contributed by atoms with Crippen LogP contribution in [0.1, 0.15) is 67.0 Å². The van der Waals surface area contributed by atoms with Gasteiger partial charge in [0, 0.05) is 28.7 Å². The van der Waals surface area contributed by atoms with Gasteiger partial charge in [0.05, 0.1) is 6.42 Å². The molecular weight excluding hydrogens is 322 g/mol. The fraction of sp³-hybridized carbons (Fsp3) is 0.455. The molecule has 0 bridgehead atoms. The third kappa shape index (κ3) is 3.74. The Morgan fingerprint density at radius 1 is 1.08 bits per heavy atom. The molecule has 0 radical (unpaired) electrons. The maximum absolute atomic E-state index is 11.1. The van der Waals surface area contributed by atoms with E-state index >= 15 is 0 Å². The minimum Gasteiger partial charge on any atom is -0.369 e. The highest BCUT2D eigenvalue weighted by molar-refractivity contribution is 5.77. The quantitative estimate of drug-likeness (QED) is 0.841. The number of rotatable bonds is 5. The summed E-state index contributed by atoms with van der Waals surface area (Å²) in [6, 6.07) is 10.3. The van der Waals surface area contributed by atoms with E-state index in [1.54, 1.807) is 0 Å². The average Bonchev–Trinajstić information content (AvgIpc) is 3.12. The molecule has 2 aliphatic rings. The number of primary amides is 1. The van der Waals surface area contributed by atoms with Crippen LogP contribution in [-0.4, -0.2) is 10.9 Å². The molecule has 0 unspecified atom stereocenters. The van der Waals surface area contributed by atoms with Crippen LogP contribution in [-0.2, 0) is 24.1 Å². The number of fused-ring (bicyclic) bond motifs is 1. The number of carbonyl (C=O) groups excluding carboxylic acids is 1. The Labute approximate surface area is 155 Å². The smallest absolute Gasteiger partial charge is 0.221 e. The van der Waals surface area contributed by atoms with E-state index in [0.717, 1.165) is 24.1 Å². The number of aromatic nitrogens is 1. The lowest BCUT2D eigenvalue weighted by Crippen LogP contribution is -2.13. The first kappa shape index (κ1) is 17.1. The Morgan fingerprint density at radius 3 is 2.58 bits per heavy atom. The lowest BCUT2D eigenvalue weighted by Gasteiger charge is -2.23. The second-order valence-electron chi connectivity index (χ2n) is 7.67. The van der Waals surface area contributed by atoms with E-state index in [0.29, 0.717) is 5.92 Å². The summed E-state index contributed by atoms with van der Waals surface area (Å²) in [6.07, 6.45) is 10.3. The van der Waals surface area contributed by atoms with Gasteiger partial charge in [-0.05, 0) is 61.4 Å². The zero-order valence-corrected chi connectivity index (χ0v) is 15.3. The molecule has 0 spiro atoms. The minimum atomic E-state index is -0.296. The Morgan fingerprint density at radius 2 is 1.85 bits per heavy atom. The van der Waals surface area contributed by atoms with Crippen molar-refractivity contribution in [3.8, 4) is 0 Å². The second-order valence-corrected chi connectivity index (χ2v) is 7.67. The predicted molar refractivity (Wildman–Crippen MR) is 105 cm³/mol. The van der Waals surface area contributed by atoms with Crippen LogP contribution in [0.25, 0.3) is 0 Å². The number of nitrogens with one attached hydrogen (secondary N) is 1. The first-order valence-electron chi connectivity index (χ1n) is 9.86. The third-order valence-corrected chi connectivity index (χ3v) is 5.70. The maximum Gasteiger partial charge on any atom is 0.221 e. The van der Waals surface area contributed by atoms with Crippen LogP contribution in [0.2, 0.25) is 0 Å². The summed E-state index contributed by atoms with van der Waals surface area (Å²) >= 11 is 0. The van der Waals surface area contributed by atoms with Crippen molar-refractivity contribution in [1.82, 2.24) is 4.98 Å². The number of carbonyl (C=O) groups is 1. The van der Waals surface area contributed by atoms with Gasteiger partial charge < -0.3 is 11.1 Å². The predicted octanol–water partition coefficient (Wildman–Crippen LogP) is 4.39. The summed E-state index contributed by atoms with van der Waals surface area (Å²) in [5.41, 5.74) is 12.4. The molecule has 26 heavy (non-hydrogen) atoms. The topological polar surface area (TPSA) is 68.0 Å². The van der Waals surface area contributed by atoms with Gasteiger partial charge in [0.15, 0.2) is 0 Å². The first-order valence-corrected chi connectivity index (χ1v) is 9.86. The van der Waals surface area contributed by atoms with E-state index in [4.69, 9.17) is 10.7 Å². The molecule has 136 valence electrons. The molecule has 0 atom stereocenters. The van der Waals surface area contributed by atoms with Crippen molar-refractivity contribution in [3.05, 3.63) is 52.8 Å². The van der Waals surface area contributed by atoms with Gasteiger partial charge >= 0.3 is 0 Å². The van der Waals surface area contributed by atoms with Crippen molar-refractivity contribution in [2.75, 3.05) is 5.32 Å². The Hall–Kier alpha value is -2.36. The lowest BCUT2D eigenvalue weighted by atomic mass is 9.86. The fourth-order valence-electron chi connectivity index (χ4n) is 4.35. The molecule has 0 aliphatic heterocycles. The number of hydrogen-bond acceptors (Lipinski definition) is 3. The van der Waals surface area contributed by atoms with Crippen molar-refractivity contribution < 1.29 is 4.79 Å². The Balaban J connectivity index is 1.59. The summed E-state index contributed by atoms with van der Waals surface area (Å²) < 4.78 is 0. The molecule has 4 nitrogen and oxygen atoms in total. The van der Waals surface area contributed by atoms with Crippen molar-refractivity contribution in [3.63, 3.8) is 0 Å². The van der Waals surface area contributed by atoms with E-state index in [1.165, 1.54) is 61.2 Å². The second kappa shape index (κ2) is 7.48. The molecule has 2 aliphatic carbocycles. The van der Waals surface area contributed by atoms with E-state index in [1.807, 2.05) is 24.3 Å². The van der Waals surface area contributed by atoms with Crippen LogP contribution in [0.15, 0.2) is 30.3 Å². The van der Waals surface area contributed by atoms with E-state index in [9.17, 15) is 4.79 Å². The fourth-order valence-corrected chi connectivity index (χ4v) is 4.35. The standard InChI is InChI=1S/C22H27N3O/c23-22(26)13-15-9-11-17(12-10-15)24-21-14-20(16-5-2-1-3-6-16)25-19-8-4-7-18(19)21/h9-12,14,16H,1-8,13H2,(H2,23,26)(H,24,25). The zero-order valence-electron chi connectivity index (χ0n) is 15.3. The zero-order chi connectivity index (χ0) is 17.9. The van der Waals surface area contributed by atoms with Gasteiger partial charge in [-0.1, -0.05) is 31.4 Å². The third-order valence-electron chi connectivity index (χ3n) is 5.70. The van der Waals surface area contributed by atoms with E-state index in [-0.39, 0.29) is 12.3 Å². The highest BCUT2D eigenvalue weighted by atomic mass is 16.1. The molecule has 1 heterocycles. The number of nitrogens with zero attached hydrogens (tertiary/aromatic N) is 1. The summed E-state index contributed by atoms with van der Waals surface area (Å²) in [4.78, 5) is 16.1. The van der Waals surface area contributed by atoms with Crippen LogP contribution in [0, 0.1) is 0 Å². The van der Waals surface area contributed by atoms with Gasteiger partial charge in [0.1, 0.15) is 0 Å². The minimum absolute atomic E-state index is 0.288. The van der Waals surface area contributed by atoms with Crippen LogP contribution in [0.4, 0.5) is 11.4 Å². The molecule has 1 amide bonds. The lowest BCUT2D eigenvalue weighted by molar-refractivity contribution is -0.117. The summed E-state index contributed by atoms with van der Waals surface area (Å²) in [7, 11) is 0. The van der Waals surface area contributed by atoms with Gasteiger partial charge in [-0.2, -0.15) is 0 Å². The van der Waals surface area contributed by atoms with Gasteiger partial charge in [-0.3, -0.25) is 9.78 Å². The Kier molecular flexibility index (Phi) is 4.91. The van der Waals surface area contributed by atoms with Crippen LogP contribution in [0.3, 0.4) is 0 Å². The number of nitrogens with two attached hydrogens (primary N) is 1. The summed E-state index contributed by atoms with van der Waals surface area (Å²) in [6.45, 7) is 0. The van der Waals surface area contributed by atoms with Crippen LogP contribution < -0.4 is 11.1 Å². The van der Waals surface area contributed by atoms with Gasteiger partial charge in [-0.25, -0.2) is 0 Å².